The van der Waals surface area contributed by atoms with Crippen LogP contribution in [0.2, 0.25) is 0 Å². The molecule has 0 unspecified atom stereocenters. The Morgan fingerprint density at radius 1 is 1.38 bits per heavy atom. The lowest BCUT2D eigenvalue weighted by molar-refractivity contribution is -0.125. The Morgan fingerprint density at radius 3 is 2.85 bits per heavy atom. The predicted octanol–water partition coefficient (Wildman–Crippen LogP) is -0.403. The van der Waals surface area contributed by atoms with Crippen LogP contribution in [0.4, 0.5) is 0 Å². The molecule has 4 heteroatoms. The molecule has 2 fully saturated rings. The van der Waals surface area contributed by atoms with E-state index >= 15 is 0 Å². The summed E-state index contributed by atoms with van der Waals surface area (Å²) in [6.45, 7) is 4.07. The molecule has 1 amide bonds. The van der Waals surface area contributed by atoms with E-state index < -0.39 is 0 Å². The molecule has 74 valence electrons. The van der Waals surface area contributed by atoms with Gasteiger partial charge in [0.2, 0.25) is 5.91 Å². The van der Waals surface area contributed by atoms with Gasteiger partial charge in [0.15, 0.2) is 0 Å². The van der Waals surface area contributed by atoms with E-state index in [1.54, 1.807) is 0 Å². The molecule has 0 aliphatic carbocycles. The van der Waals surface area contributed by atoms with Crippen LogP contribution in [0.3, 0.4) is 0 Å². The van der Waals surface area contributed by atoms with E-state index in [1.165, 1.54) is 0 Å². The number of carbonyl (C=O) groups excluding carboxylic acids is 1. The predicted molar refractivity (Wildman–Crippen MR) is 48.4 cm³/mol. The van der Waals surface area contributed by atoms with Crippen LogP contribution in [-0.4, -0.2) is 49.7 Å². The molecule has 0 aromatic heterocycles. The van der Waals surface area contributed by atoms with Crippen LogP contribution in [0.25, 0.3) is 0 Å². The van der Waals surface area contributed by atoms with Crippen molar-refractivity contribution >= 4 is 5.91 Å². The minimum absolute atomic E-state index is 0.165. The van der Waals surface area contributed by atoms with E-state index in [4.69, 9.17) is 4.74 Å². The van der Waals surface area contributed by atoms with E-state index in [-0.39, 0.29) is 5.91 Å². The number of ether oxygens (including phenoxy) is 1. The third kappa shape index (κ3) is 2.19. The maximum absolute atomic E-state index is 11.1. The van der Waals surface area contributed by atoms with Crippen molar-refractivity contribution in [2.45, 2.75) is 18.9 Å². The van der Waals surface area contributed by atoms with Crippen molar-refractivity contribution < 1.29 is 9.53 Å². The average molecular weight is 184 g/mol. The number of nitrogens with zero attached hydrogens (tertiary/aromatic N) is 1. The minimum Gasteiger partial charge on any atom is -0.381 e. The van der Waals surface area contributed by atoms with Gasteiger partial charge in [-0.2, -0.15) is 0 Å². The van der Waals surface area contributed by atoms with Crippen LogP contribution in [0.1, 0.15) is 12.8 Å². The Labute approximate surface area is 78.2 Å². The summed E-state index contributed by atoms with van der Waals surface area (Å²) in [7, 11) is 0. The number of nitrogens with one attached hydrogen (secondary N) is 1. The van der Waals surface area contributed by atoms with Crippen LogP contribution in [-0.2, 0) is 9.53 Å². The van der Waals surface area contributed by atoms with Crippen LogP contribution >= 0.6 is 0 Å². The summed E-state index contributed by atoms with van der Waals surface area (Å²) in [5, 5.41) is 2.84. The Kier molecular flexibility index (Phi) is 2.80. The lowest BCUT2D eigenvalue weighted by Crippen LogP contribution is -2.52. The van der Waals surface area contributed by atoms with E-state index in [9.17, 15) is 4.79 Å². The summed E-state index contributed by atoms with van der Waals surface area (Å²) in [5.74, 6) is 0.165. The second-order valence-corrected chi connectivity index (χ2v) is 3.66. The largest absolute Gasteiger partial charge is 0.381 e. The fraction of sp³-hybridized carbons (Fsp3) is 0.889. The molecule has 0 radical (unpaired) electrons. The van der Waals surface area contributed by atoms with Gasteiger partial charge in [0.25, 0.3) is 0 Å². The Hall–Kier alpha value is -0.610. The fourth-order valence-corrected chi connectivity index (χ4v) is 2.02. The first-order valence-electron chi connectivity index (χ1n) is 4.95. The maximum atomic E-state index is 11.1. The van der Waals surface area contributed by atoms with Gasteiger partial charge in [0.05, 0.1) is 6.54 Å². The van der Waals surface area contributed by atoms with E-state index in [1.807, 2.05) is 0 Å². The molecule has 0 aromatic rings. The Bertz CT molecular complexity index is 190. The summed E-state index contributed by atoms with van der Waals surface area (Å²) in [4.78, 5) is 13.4. The number of amides is 1. The zero-order valence-corrected chi connectivity index (χ0v) is 7.79. The molecule has 4 nitrogen and oxygen atoms in total. The van der Waals surface area contributed by atoms with Crippen LogP contribution in [0.15, 0.2) is 0 Å². The molecule has 2 saturated heterocycles. The molecular formula is C9H16N2O2. The van der Waals surface area contributed by atoms with Gasteiger partial charge in [-0.3, -0.25) is 9.69 Å². The average Bonchev–Trinajstić information content (AvgIpc) is 2.19. The molecule has 2 aliphatic rings. The van der Waals surface area contributed by atoms with Crippen molar-refractivity contribution in [2.24, 2.45) is 0 Å². The third-order valence-electron chi connectivity index (χ3n) is 2.78. The van der Waals surface area contributed by atoms with Crippen LogP contribution in [0, 0.1) is 0 Å². The second-order valence-electron chi connectivity index (χ2n) is 3.66. The van der Waals surface area contributed by atoms with Gasteiger partial charge >= 0.3 is 0 Å². The fourth-order valence-electron chi connectivity index (χ4n) is 2.02. The molecule has 2 heterocycles. The standard InChI is InChI=1S/C9H16N2O2/c12-9-7-11(4-3-10-9)8-1-5-13-6-2-8/h8H,1-7H2,(H,10,12). The number of hydrogen-bond acceptors (Lipinski definition) is 3. The summed E-state index contributed by atoms with van der Waals surface area (Å²) in [5.41, 5.74) is 0. The van der Waals surface area contributed by atoms with Crippen molar-refractivity contribution in [3.63, 3.8) is 0 Å². The smallest absolute Gasteiger partial charge is 0.234 e. The second kappa shape index (κ2) is 4.07. The molecule has 13 heavy (non-hydrogen) atoms. The Balaban J connectivity index is 1.87. The SMILES string of the molecule is O=C1CN(C2CCOCC2)CCN1. The van der Waals surface area contributed by atoms with Gasteiger partial charge in [-0.15, -0.1) is 0 Å². The number of hydrogen-bond donors (Lipinski definition) is 1. The van der Waals surface area contributed by atoms with Crippen LogP contribution in [0.5, 0.6) is 0 Å². The summed E-state index contributed by atoms with van der Waals surface area (Å²) < 4.78 is 5.29. The molecule has 0 bridgehead atoms. The molecule has 0 spiro atoms. The highest BCUT2D eigenvalue weighted by Crippen LogP contribution is 2.14. The molecule has 1 N–H and O–H groups in total. The summed E-state index contributed by atoms with van der Waals surface area (Å²) in [6, 6.07) is 0.569. The first kappa shape index (κ1) is 8.97. The highest BCUT2D eigenvalue weighted by Gasteiger charge is 2.25. The van der Waals surface area contributed by atoms with Crippen LogP contribution < -0.4 is 5.32 Å². The molecular weight excluding hydrogens is 168 g/mol. The first-order valence-corrected chi connectivity index (χ1v) is 4.95. The molecule has 0 atom stereocenters. The van der Waals surface area contributed by atoms with E-state index in [0.717, 1.165) is 39.1 Å². The van der Waals surface area contributed by atoms with Crippen molar-refractivity contribution in [3.8, 4) is 0 Å². The number of carbonyl (C=O) groups is 1. The van der Waals surface area contributed by atoms with Gasteiger partial charge in [-0.25, -0.2) is 0 Å². The zero-order chi connectivity index (χ0) is 9.10. The quantitative estimate of drug-likeness (QED) is 0.603. The summed E-state index contributed by atoms with van der Waals surface area (Å²) in [6.07, 6.45) is 2.15. The van der Waals surface area contributed by atoms with Gasteiger partial charge in [-0.05, 0) is 12.8 Å². The maximum Gasteiger partial charge on any atom is 0.234 e. The topological polar surface area (TPSA) is 41.6 Å². The molecule has 2 rings (SSSR count). The molecule has 2 aliphatic heterocycles. The minimum atomic E-state index is 0.165. The highest BCUT2D eigenvalue weighted by molar-refractivity contribution is 5.78. The van der Waals surface area contributed by atoms with Crippen molar-refractivity contribution in [1.82, 2.24) is 10.2 Å². The van der Waals surface area contributed by atoms with Crippen molar-refractivity contribution in [3.05, 3.63) is 0 Å². The monoisotopic (exact) mass is 184 g/mol. The van der Waals surface area contributed by atoms with Gasteiger partial charge < -0.3 is 10.1 Å². The normalized spacial score (nSPS) is 27.2. The van der Waals surface area contributed by atoms with Crippen molar-refractivity contribution in [1.29, 1.82) is 0 Å². The molecule has 0 saturated carbocycles. The molecule has 0 aromatic carbocycles. The Morgan fingerprint density at radius 2 is 2.15 bits per heavy atom. The highest BCUT2D eigenvalue weighted by atomic mass is 16.5. The van der Waals surface area contributed by atoms with Crippen molar-refractivity contribution in [2.75, 3.05) is 32.8 Å². The summed E-state index contributed by atoms with van der Waals surface area (Å²) >= 11 is 0. The first-order chi connectivity index (χ1) is 6.36. The third-order valence-corrected chi connectivity index (χ3v) is 2.78. The van der Waals surface area contributed by atoms with Gasteiger partial charge in [0, 0.05) is 32.3 Å². The van der Waals surface area contributed by atoms with Gasteiger partial charge in [-0.1, -0.05) is 0 Å². The lowest BCUT2D eigenvalue weighted by atomic mass is 10.1. The van der Waals surface area contributed by atoms with Gasteiger partial charge in [0.1, 0.15) is 0 Å². The zero-order valence-electron chi connectivity index (χ0n) is 7.79. The van der Waals surface area contributed by atoms with E-state index in [2.05, 4.69) is 10.2 Å². The lowest BCUT2D eigenvalue weighted by Gasteiger charge is -2.36. The number of rotatable bonds is 1. The number of piperazine rings is 1. The van der Waals surface area contributed by atoms with E-state index in [0.29, 0.717) is 12.6 Å².